The van der Waals surface area contributed by atoms with Gasteiger partial charge in [-0.3, -0.25) is 0 Å². The molecule has 5 rings (SSSR count). The normalized spacial score (nSPS) is 10.7. The summed E-state index contributed by atoms with van der Waals surface area (Å²) in [6, 6.07) is 32.5. The third-order valence-electron chi connectivity index (χ3n) is 5.91. The van der Waals surface area contributed by atoms with E-state index in [0.29, 0.717) is 11.5 Å². The highest BCUT2D eigenvalue weighted by Crippen LogP contribution is 2.47. The van der Waals surface area contributed by atoms with Crippen LogP contribution in [0.25, 0.3) is 32.7 Å². The van der Waals surface area contributed by atoms with Crippen molar-refractivity contribution in [3.63, 3.8) is 0 Å². The molecule has 178 valence electrons. The fraction of sp³-hybridized carbons (Fsp3) is 0.125. The summed E-state index contributed by atoms with van der Waals surface area (Å²) in [5.74, 6) is 8.00. The van der Waals surface area contributed by atoms with Gasteiger partial charge >= 0.3 is 0 Å². The molecule has 0 amide bonds. The molecule has 0 fully saturated rings. The molecule has 0 aromatic heterocycles. The highest BCUT2D eigenvalue weighted by molar-refractivity contribution is 6.10. The zero-order valence-corrected chi connectivity index (χ0v) is 20.3. The first kappa shape index (κ1) is 23.4. The fourth-order valence-corrected chi connectivity index (χ4v) is 4.35. The molecule has 0 spiro atoms. The van der Waals surface area contributed by atoms with E-state index in [1.54, 1.807) is 14.2 Å². The molecule has 0 aliphatic heterocycles. The molecule has 0 aliphatic carbocycles. The maximum atomic E-state index is 6.27. The molecular weight excluding hydrogens is 448 g/mol. The van der Waals surface area contributed by atoms with Gasteiger partial charge < -0.3 is 18.9 Å². The van der Waals surface area contributed by atoms with Crippen LogP contribution in [-0.4, -0.2) is 27.8 Å². The second kappa shape index (κ2) is 11.0. The minimum atomic E-state index is 0.0877. The fourth-order valence-electron chi connectivity index (χ4n) is 4.35. The Labute approximate surface area is 211 Å². The second-order valence-corrected chi connectivity index (χ2v) is 8.23. The van der Waals surface area contributed by atoms with E-state index in [-0.39, 0.29) is 13.6 Å². The number of ether oxygens (including phenoxy) is 4. The van der Waals surface area contributed by atoms with E-state index in [1.807, 2.05) is 60.7 Å². The van der Waals surface area contributed by atoms with Crippen LogP contribution in [0, 0.1) is 11.8 Å². The summed E-state index contributed by atoms with van der Waals surface area (Å²) in [6.07, 6.45) is 0. The lowest BCUT2D eigenvalue weighted by atomic mass is 9.90. The molecule has 0 N–H and O–H groups in total. The van der Waals surface area contributed by atoms with E-state index < -0.39 is 0 Å². The Morgan fingerprint density at radius 2 is 1.22 bits per heavy atom. The van der Waals surface area contributed by atoms with Crippen LogP contribution in [0.3, 0.4) is 0 Å². The monoisotopic (exact) mass is 474 g/mol. The minimum absolute atomic E-state index is 0.0877. The lowest BCUT2D eigenvalue weighted by molar-refractivity contribution is 0.0501. The number of methoxy groups -OCH3 is 2. The predicted octanol–water partition coefficient (Wildman–Crippen LogP) is 7.03. The van der Waals surface area contributed by atoms with Gasteiger partial charge in [0.2, 0.25) is 0 Å². The molecule has 0 bridgehead atoms. The van der Waals surface area contributed by atoms with Crippen LogP contribution in [0.2, 0.25) is 0 Å². The number of benzene rings is 5. The van der Waals surface area contributed by atoms with Crippen molar-refractivity contribution in [2.24, 2.45) is 0 Å². The maximum Gasteiger partial charge on any atom is 0.188 e. The summed E-state index contributed by atoms with van der Waals surface area (Å²) in [7, 11) is 3.23. The Kier molecular flexibility index (Phi) is 7.14. The summed E-state index contributed by atoms with van der Waals surface area (Å²) in [5.41, 5.74) is 3.54. The quantitative estimate of drug-likeness (QED) is 0.188. The number of rotatable bonds is 7. The van der Waals surface area contributed by atoms with Gasteiger partial charge in [0.25, 0.3) is 0 Å². The Morgan fingerprint density at radius 1 is 0.583 bits per heavy atom. The average molecular weight is 475 g/mol. The third-order valence-corrected chi connectivity index (χ3v) is 5.91. The predicted molar refractivity (Wildman–Crippen MR) is 144 cm³/mol. The number of hydrogen-bond acceptors (Lipinski definition) is 4. The van der Waals surface area contributed by atoms with Crippen LogP contribution in [0.15, 0.2) is 97.1 Å². The SMILES string of the molecule is COCOc1ccc2ccccc2c1-c1c(OCOC)c(C#Cc2ccccc2)cc2ccccc12. The summed E-state index contributed by atoms with van der Waals surface area (Å²) in [6.45, 7) is 0.218. The van der Waals surface area contributed by atoms with E-state index in [0.717, 1.165) is 43.8 Å². The molecule has 0 atom stereocenters. The van der Waals surface area contributed by atoms with Gasteiger partial charge in [-0.2, -0.15) is 0 Å². The molecule has 4 nitrogen and oxygen atoms in total. The standard InChI is InChI=1S/C32H26O4/c1-33-21-35-29-19-18-24-12-6-8-14-27(24)30(29)31-28-15-9-7-13-25(28)20-26(32(31)36-22-34-2)17-16-23-10-4-3-5-11-23/h3-15,18-20H,21-22H2,1-2H3. The Balaban J connectivity index is 1.86. The lowest BCUT2D eigenvalue weighted by Crippen LogP contribution is -2.05. The molecular formula is C32H26O4. The number of fused-ring (bicyclic) bond motifs is 2. The minimum Gasteiger partial charge on any atom is -0.467 e. The van der Waals surface area contributed by atoms with Crippen molar-refractivity contribution in [3.05, 3.63) is 108 Å². The Bertz CT molecular complexity index is 1560. The molecule has 0 heterocycles. The second-order valence-electron chi connectivity index (χ2n) is 8.23. The third kappa shape index (κ3) is 4.76. The van der Waals surface area contributed by atoms with Gasteiger partial charge in [-0.05, 0) is 45.8 Å². The van der Waals surface area contributed by atoms with Gasteiger partial charge in [-0.15, -0.1) is 0 Å². The summed E-state index contributed by atoms with van der Waals surface area (Å²) in [4.78, 5) is 0. The van der Waals surface area contributed by atoms with E-state index in [2.05, 4.69) is 48.2 Å². The van der Waals surface area contributed by atoms with Crippen molar-refractivity contribution in [2.45, 2.75) is 0 Å². The summed E-state index contributed by atoms with van der Waals surface area (Å²) < 4.78 is 22.9. The molecule has 0 aliphatic rings. The van der Waals surface area contributed by atoms with Crippen molar-refractivity contribution in [3.8, 4) is 34.5 Å². The van der Waals surface area contributed by atoms with Crippen molar-refractivity contribution >= 4 is 21.5 Å². The first-order valence-corrected chi connectivity index (χ1v) is 11.7. The van der Waals surface area contributed by atoms with Crippen LogP contribution in [0.5, 0.6) is 11.5 Å². The Morgan fingerprint density at radius 3 is 1.97 bits per heavy atom. The van der Waals surface area contributed by atoms with Crippen LogP contribution < -0.4 is 9.47 Å². The van der Waals surface area contributed by atoms with Crippen molar-refractivity contribution in [1.29, 1.82) is 0 Å². The summed E-state index contributed by atoms with van der Waals surface area (Å²) in [5, 5.41) is 4.24. The van der Waals surface area contributed by atoms with Gasteiger partial charge in [-0.25, -0.2) is 0 Å². The molecule has 4 heteroatoms. The Hall–Kier alpha value is -4.30. The van der Waals surface area contributed by atoms with Crippen LogP contribution >= 0.6 is 0 Å². The van der Waals surface area contributed by atoms with Crippen LogP contribution in [0.1, 0.15) is 11.1 Å². The molecule has 36 heavy (non-hydrogen) atoms. The first-order valence-electron chi connectivity index (χ1n) is 11.7. The van der Waals surface area contributed by atoms with E-state index in [9.17, 15) is 0 Å². The molecule has 0 radical (unpaired) electrons. The first-order chi connectivity index (χ1) is 17.8. The molecule has 0 saturated heterocycles. The summed E-state index contributed by atoms with van der Waals surface area (Å²) >= 11 is 0. The van der Waals surface area contributed by atoms with Crippen molar-refractivity contribution in [1.82, 2.24) is 0 Å². The highest BCUT2D eigenvalue weighted by Gasteiger charge is 2.22. The molecule has 5 aromatic carbocycles. The van der Waals surface area contributed by atoms with E-state index >= 15 is 0 Å². The largest absolute Gasteiger partial charge is 0.467 e. The van der Waals surface area contributed by atoms with Crippen molar-refractivity contribution < 1.29 is 18.9 Å². The smallest absolute Gasteiger partial charge is 0.188 e. The van der Waals surface area contributed by atoms with Gasteiger partial charge in [0.1, 0.15) is 11.5 Å². The highest BCUT2D eigenvalue weighted by atomic mass is 16.7. The zero-order valence-electron chi connectivity index (χ0n) is 20.3. The average Bonchev–Trinajstić information content (AvgIpc) is 2.93. The topological polar surface area (TPSA) is 36.9 Å². The van der Waals surface area contributed by atoms with Crippen LogP contribution in [0.4, 0.5) is 0 Å². The van der Waals surface area contributed by atoms with Crippen molar-refractivity contribution in [2.75, 3.05) is 27.8 Å². The van der Waals surface area contributed by atoms with Gasteiger partial charge in [0, 0.05) is 30.9 Å². The van der Waals surface area contributed by atoms with Gasteiger partial charge in [-0.1, -0.05) is 84.6 Å². The van der Waals surface area contributed by atoms with Gasteiger partial charge in [0.05, 0.1) is 5.56 Å². The van der Waals surface area contributed by atoms with Gasteiger partial charge in [0.15, 0.2) is 13.6 Å². The van der Waals surface area contributed by atoms with E-state index in [1.165, 1.54) is 0 Å². The zero-order chi connectivity index (χ0) is 24.7. The number of hydrogen-bond donors (Lipinski definition) is 0. The molecule has 5 aromatic rings. The molecule has 0 unspecified atom stereocenters. The van der Waals surface area contributed by atoms with Crippen LogP contribution in [-0.2, 0) is 9.47 Å². The molecule has 0 saturated carbocycles. The van der Waals surface area contributed by atoms with E-state index in [4.69, 9.17) is 18.9 Å². The maximum absolute atomic E-state index is 6.27. The lowest BCUT2D eigenvalue weighted by Gasteiger charge is -2.20.